The number of nitrogens with zero attached hydrogens (tertiary/aromatic N) is 1. The van der Waals surface area contributed by atoms with E-state index in [0.717, 1.165) is 0 Å². The standard InChI is InChI=1S/C9H9N3O3/c13-9-10-5-7(11-9)6-3-1-2-4-8(6)12(14)15/h1-4,7H,5H2,(H2,10,11,13)/t7-/m0/s1. The zero-order chi connectivity index (χ0) is 10.8. The van der Waals surface area contributed by atoms with Gasteiger partial charge in [-0.05, 0) is 0 Å². The van der Waals surface area contributed by atoms with Crippen molar-refractivity contribution < 1.29 is 9.72 Å². The number of urea groups is 1. The summed E-state index contributed by atoms with van der Waals surface area (Å²) in [5, 5.41) is 15.9. The van der Waals surface area contributed by atoms with E-state index in [-0.39, 0.29) is 17.8 Å². The van der Waals surface area contributed by atoms with Gasteiger partial charge in [0, 0.05) is 12.6 Å². The van der Waals surface area contributed by atoms with Crippen molar-refractivity contribution in [2.75, 3.05) is 6.54 Å². The van der Waals surface area contributed by atoms with E-state index in [4.69, 9.17) is 0 Å². The lowest BCUT2D eigenvalue weighted by Crippen LogP contribution is -2.22. The number of carbonyl (C=O) groups excluding carboxylic acids is 1. The van der Waals surface area contributed by atoms with E-state index in [2.05, 4.69) is 10.6 Å². The third kappa shape index (κ3) is 1.74. The molecule has 15 heavy (non-hydrogen) atoms. The molecule has 0 aliphatic carbocycles. The average Bonchev–Trinajstić information content (AvgIpc) is 2.65. The molecular formula is C9H9N3O3. The Morgan fingerprint density at radius 2 is 2.13 bits per heavy atom. The second-order valence-corrected chi connectivity index (χ2v) is 3.22. The first-order valence-electron chi connectivity index (χ1n) is 4.46. The molecule has 2 rings (SSSR count). The largest absolute Gasteiger partial charge is 0.336 e. The van der Waals surface area contributed by atoms with Gasteiger partial charge < -0.3 is 10.6 Å². The third-order valence-electron chi connectivity index (χ3n) is 2.28. The molecule has 1 saturated heterocycles. The van der Waals surface area contributed by atoms with Gasteiger partial charge >= 0.3 is 6.03 Å². The van der Waals surface area contributed by atoms with Gasteiger partial charge in [0.05, 0.1) is 16.5 Å². The summed E-state index contributed by atoms with van der Waals surface area (Å²) >= 11 is 0. The molecule has 2 N–H and O–H groups in total. The quantitative estimate of drug-likeness (QED) is 0.559. The van der Waals surface area contributed by atoms with Gasteiger partial charge in [-0.3, -0.25) is 10.1 Å². The second-order valence-electron chi connectivity index (χ2n) is 3.22. The SMILES string of the molecule is O=C1NC[C@@H](c2ccccc2[N+](=O)[O-])N1. The Bertz CT molecular complexity index is 419. The van der Waals surface area contributed by atoms with Crippen molar-refractivity contribution in [3.8, 4) is 0 Å². The van der Waals surface area contributed by atoms with Gasteiger partial charge in [0.15, 0.2) is 0 Å². The highest BCUT2D eigenvalue weighted by molar-refractivity contribution is 5.77. The molecule has 6 nitrogen and oxygen atoms in total. The highest BCUT2D eigenvalue weighted by Gasteiger charge is 2.27. The van der Waals surface area contributed by atoms with Gasteiger partial charge in [-0.25, -0.2) is 4.79 Å². The maximum atomic E-state index is 10.9. The summed E-state index contributed by atoms with van der Waals surface area (Å²) in [6, 6.07) is 5.78. The zero-order valence-electron chi connectivity index (χ0n) is 7.77. The van der Waals surface area contributed by atoms with Crippen LogP contribution in [0.25, 0.3) is 0 Å². The summed E-state index contributed by atoms with van der Waals surface area (Å²) in [7, 11) is 0. The van der Waals surface area contributed by atoms with E-state index in [1.54, 1.807) is 18.2 Å². The van der Waals surface area contributed by atoms with Crippen molar-refractivity contribution in [1.29, 1.82) is 0 Å². The molecule has 78 valence electrons. The number of hydrogen-bond donors (Lipinski definition) is 2. The number of hydrogen-bond acceptors (Lipinski definition) is 3. The minimum Gasteiger partial charge on any atom is -0.336 e. The second kappa shape index (κ2) is 3.56. The summed E-state index contributed by atoms with van der Waals surface area (Å²) in [4.78, 5) is 21.2. The highest BCUT2D eigenvalue weighted by Crippen LogP contribution is 2.25. The molecule has 0 aromatic heterocycles. The van der Waals surface area contributed by atoms with Crippen LogP contribution in [0.5, 0.6) is 0 Å². The molecule has 1 fully saturated rings. The fraction of sp³-hybridized carbons (Fsp3) is 0.222. The number of rotatable bonds is 2. The molecule has 1 aliphatic rings. The van der Waals surface area contributed by atoms with Crippen molar-refractivity contribution in [2.45, 2.75) is 6.04 Å². The van der Waals surface area contributed by atoms with Crippen LogP contribution in [0.2, 0.25) is 0 Å². The first-order chi connectivity index (χ1) is 7.18. The number of nitro benzene ring substituents is 1. The van der Waals surface area contributed by atoms with E-state index in [0.29, 0.717) is 12.1 Å². The molecule has 0 unspecified atom stereocenters. The van der Waals surface area contributed by atoms with Crippen molar-refractivity contribution in [1.82, 2.24) is 10.6 Å². The summed E-state index contributed by atoms with van der Waals surface area (Å²) in [6.45, 7) is 0.379. The lowest BCUT2D eigenvalue weighted by Gasteiger charge is -2.08. The lowest BCUT2D eigenvalue weighted by molar-refractivity contribution is -0.385. The molecule has 1 aromatic rings. The summed E-state index contributed by atoms with van der Waals surface area (Å²) in [6.07, 6.45) is 0. The Hall–Kier alpha value is -2.11. The zero-order valence-corrected chi connectivity index (χ0v) is 7.77. The molecule has 1 aliphatic heterocycles. The molecule has 2 amide bonds. The van der Waals surface area contributed by atoms with Crippen LogP contribution in [-0.4, -0.2) is 17.5 Å². The van der Waals surface area contributed by atoms with Crippen molar-refractivity contribution in [3.63, 3.8) is 0 Å². The van der Waals surface area contributed by atoms with Gasteiger partial charge in [-0.15, -0.1) is 0 Å². The van der Waals surface area contributed by atoms with Crippen LogP contribution in [0.1, 0.15) is 11.6 Å². The van der Waals surface area contributed by atoms with Gasteiger partial charge in [-0.1, -0.05) is 18.2 Å². The van der Waals surface area contributed by atoms with Crippen LogP contribution < -0.4 is 10.6 Å². The number of nitro groups is 1. The van der Waals surface area contributed by atoms with Gasteiger partial charge in [0.2, 0.25) is 0 Å². The average molecular weight is 207 g/mol. The molecule has 1 aromatic carbocycles. The Kier molecular flexibility index (Phi) is 2.24. The van der Waals surface area contributed by atoms with E-state index in [1.807, 2.05) is 0 Å². The normalized spacial score (nSPS) is 19.5. The molecule has 6 heteroatoms. The monoisotopic (exact) mass is 207 g/mol. The topological polar surface area (TPSA) is 84.3 Å². The summed E-state index contributed by atoms with van der Waals surface area (Å²) in [5.74, 6) is 0. The Labute approximate surface area is 85.4 Å². The first kappa shape index (κ1) is 9.45. The van der Waals surface area contributed by atoms with E-state index in [9.17, 15) is 14.9 Å². The maximum Gasteiger partial charge on any atom is 0.315 e. The Morgan fingerprint density at radius 1 is 1.40 bits per heavy atom. The van der Waals surface area contributed by atoms with Crippen LogP contribution in [0, 0.1) is 10.1 Å². The maximum absolute atomic E-state index is 10.9. The Morgan fingerprint density at radius 3 is 2.73 bits per heavy atom. The van der Waals surface area contributed by atoms with E-state index < -0.39 is 4.92 Å². The fourth-order valence-electron chi connectivity index (χ4n) is 1.59. The molecule has 1 heterocycles. The summed E-state index contributed by atoms with van der Waals surface area (Å²) < 4.78 is 0. The minimum absolute atomic E-state index is 0.0338. The molecule has 0 spiro atoms. The van der Waals surface area contributed by atoms with E-state index in [1.165, 1.54) is 6.07 Å². The lowest BCUT2D eigenvalue weighted by atomic mass is 10.1. The van der Waals surface area contributed by atoms with Crippen molar-refractivity contribution in [2.24, 2.45) is 0 Å². The fourth-order valence-corrected chi connectivity index (χ4v) is 1.59. The van der Waals surface area contributed by atoms with Crippen molar-refractivity contribution >= 4 is 11.7 Å². The van der Waals surface area contributed by atoms with Gasteiger partial charge in [0.25, 0.3) is 5.69 Å². The van der Waals surface area contributed by atoms with E-state index >= 15 is 0 Å². The number of amides is 2. The molecule has 0 bridgehead atoms. The smallest absolute Gasteiger partial charge is 0.315 e. The Balaban J connectivity index is 2.35. The highest BCUT2D eigenvalue weighted by atomic mass is 16.6. The van der Waals surface area contributed by atoms with Crippen LogP contribution in [0.4, 0.5) is 10.5 Å². The first-order valence-corrected chi connectivity index (χ1v) is 4.46. The van der Waals surface area contributed by atoms with Crippen LogP contribution >= 0.6 is 0 Å². The minimum atomic E-state index is -0.445. The number of para-hydroxylation sites is 1. The van der Waals surface area contributed by atoms with Crippen LogP contribution in [0.15, 0.2) is 24.3 Å². The van der Waals surface area contributed by atoms with Crippen LogP contribution in [0.3, 0.4) is 0 Å². The predicted octanol–water partition coefficient (Wildman–Crippen LogP) is 0.949. The van der Waals surface area contributed by atoms with Gasteiger partial charge in [-0.2, -0.15) is 0 Å². The van der Waals surface area contributed by atoms with Crippen LogP contribution in [-0.2, 0) is 0 Å². The molecule has 0 saturated carbocycles. The molecular weight excluding hydrogens is 198 g/mol. The molecule has 1 atom stereocenters. The number of nitrogens with one attached hydrogen (secondary N) is 2. The van der Waals surface area contributed by atoms with Gasteiger partial charge in [0.1, 0.15) is 0 Å². The number of carbonyl (C=O) groups is 1. The number of benzene rings is 1. The predicted molar refractivity (Wildman–Crippen MR) is 52.4 cm³/mol. The van der Waals surface area contributed by atoms with Crippen molar-refractivity contribution in [3.05, 3.63) is 39.9 Å². The summed E-state index contributed by atoms with van der Waals surface area (Å²) in [5.41, 5.74) is 0.562. The third-order valence-corrected chi connectivity index (χ3v) is 2.28. The molecule has 0 radical (unpaired) electrons.